The van der Waals surface area contributed by atoms with E-state index in [1.165, 1.54) is 0 Å². The van der Waals surface area contributed by atoms with Gasteiger partial charge < -0.3 is 19.9 Å². The molecule has 1 saturated heterocycles. The van der Waals surface area contributed by atoms with E-state index < -0.39 is 5.60 Å². The largest absolute Gasteiger partial charge is 0.444 e. The number of aromatic nitrogens is 2. The highest BCUT2D eigenvalue weighted by Gasteiger charge is 2.27. The third kappa shape index (κ3) is 3.58. The van der Waals surface area contributed by atoms with E-state index in [1.54, 1.807) is 11.1 Å². The van der Waals surface area contributed by atoms with Gasteiger partial charge in [0.15, 0.2) is 0 Å². The number of fused-ring (bicyclic) bond motifs is 1. The Morgan fingerprint density at radius 2 is 1.96 bits per heavy atom. The number of carbonyl (C=O) groups excluding carboxylic acids is 2. The summed E-state index contributed by atoms with van der Waals surface area (Å²) >= 11 is 0. The molecule has 0 saturated carbocycles. The van der Waals surface area contributed by atoms with Crippen molar-refractivity contribution in [3.63, 3.8) is 0 Å². The first kappa shape index (κ1) is 16.5. The number of piperazine rings is 1. The summed E-state index contributed by atoms with van der Waals surface area (Å²) in [5.74, 6) is 0.504. The second-order valence-electron chi connectivity index (χ2n) is 6.99. The first-order valence-corrected chi connectivity index (χ1v) is 8.20. The van der Waals surface area contributed by atoms with E-state index in [2.05, 4.69) is 15.3 Å². The number of carbonyl (C=O) groups is 2. The summed E-state index contributed by atoms with van der Waals surface area (Å²) in [5, 5.41) is 2.78. The summed E-state index contributed by atoms with van der Waals surface area (Å²) in [6.07, 6.45) is 2.02. The fourth-order valence-electron chi connectivity index (χ4n) is 2.74. The topological polar surface area (TPSA) is 87.7 Å². The van der Waals surface area contributed by atoms with Gasteiger partial charge in [0.05, 0.1) is 11.3 Å². The molecule has 8 nitrogen and oxygen atoms in total. The van der Waals surface area contributed by atoms with Crippen molar-refractivity contribution < 1.29 is 14.3 Å². The van der Waals surface area contributed by atoms with Crippen molar-refractivity contribution in [3.05, 3.63) is 17.5 Å². The van der Waals surface area contributed by atoms with Crippen LogP contribution in [-0.2, 0) is 11.2 Å². The Kier molecular flexibility index (Phi) is 4.29. The number of nitrogens with one attached hydrogen (secondary N) is 1. The molecule has 2 aliphatic heterocycles. The molecule has 3 rings (SSSR count). The van der Waals surface area contributed by atoms with Crippen molar-refractivity contribution in [2.45, 2.75) is 32.8 Å². The maximum absolute atomic E-state index is 12.1. The Morgan fingerprint density at radius 1 is 1.25 bits per heavy atom. The van der Waals surface area contributed by atoms with Gasteiger partial charge in [0.25, 0.3) is 5.91 Å². The maximum atomic E-state index is 12.1. The van der Waals surface area contributed by atoms with E-state index in [9.17, 15) is 9.59 Å². The summed E-state index contributed by atoms with van der Waals surface area (Å²) in [6.45, 7) is 8.60. The molecule has 8 heteroatoms. The van der Waals surface area contributed by atoms with Crippen LogP contribution in [0.5, 0.6) is 0 Å². The molecule has 130 valence electrons. The van der Waals surface area contributed by atoms with E-state index in [0.29, 0.717) is 50.7 Å². The van der Waals surface area contributed by atoms with Crippen molar-refractivity contribution in [3.8, 4) is 0 Å². The molecule has 2 amide bonds. The average molecular weight is 333 g/mol. The third-order valence-corrected chi connectivity index (χ3v) is 3.96. The minimum absolute atomic E-state index is 0.113. The van der Waals surface area contributed by atoms with Crippen LogP contribution in [0.25, 0.3) is 0 Å². The summed E-state index contributed by atoms with van der Waals surface area (Å²) in [4.78, 5) is 36.4. The van der Waals surface area contributed by atoms with E-state index in [0.717, 1.165) is 5.69 Å². The van der Waals surface area contributed by atoms with Crippen molar-refractivity contribution in [2.24, 2.45) is 0 Å². The lowest BCUT2D eigenvalue weighted by atomic mass is 10.1. The van der Waals surface area contributed by atoms with Crippen LogP contribution in [0.2, 0.25) is 0 Å². The number of hydrogen-bond acceptors (Lipinski definition) is 6. The van der Waals surface area contributed by atoms with Gasteiger partial charge in [0, 0.05) is 45.3 Å². The molecule has 0 unspecified atom stereocenters. The third-order valence-electron chi connectivity index (χ3n) is 3.96. The number of amides is 2. The minimum atomic E-state index is -0.490. The lowest BCUT2D eigenvalue weighted by Gasteiger charge is -2.35. The van der Waals surface area contributed by atoms with E-state index in [1.807, 2.05) is 25.7 Å². The molecular weight excluding hydrogens is 310 g/mol. The Hall–Kier alpha value is -2.38. The van der Waals surface area contributed by atoms with E-state index in [-0.39, 0.29) is 12.0 Å². The SMILES string of the molecule is CC(C)(C)OC(=O)N1CCN(c2ncc3c(n2)CCNC3=O)CC1. The highest BCUT2D eigenvalue weighted by molar-refractivity contribution is 5.96. The highest BCUT2D eigenvalue weighted by atomic mass is 16.6. The summed E-state index contributed by atoms with van der Waals surface area (Å²) in [6, 6.07) is 0. The zero-order chi connectivity index (χ0) is 17.3. The van der Waals surface area contributed by atoms with Gasteiger partial charge in [-0.1, -0.05) is 0 Å². The molecule has 0 radical (unpaired) electrons. The van der Waals surface area contributed by atoms with Gasteiger partial charge in [0.1, 0.15) is 5.60 Å². The van der Waals surface area contributed by atoms with Crippen LogP contribution < -0.4 is 10.2 Å². The number of ether oxygens (including phenoxy) is 1. The molecule has 1 N–H and O–H groups in total. The summed E-state index contributed by atoms with van der Waals surface area (Å²) in [5.41, 5.74) is 0.854. The van der Waals surface area contributed by atoms with Crippen molar-refractivity contribution in [2.75, 3.05) is 37.6 Å². The highest BCUT2D eigenvalue weighted by Crippen LogP contribution is 2.17. The zero-order valence-electron chi connectivity index (χ0n) is 14.3. The molecule has 0 bridgehead atoms. The molecule has 1 fully saturated rings. The van der Waals surface area contributed by atoms with Crippen LogP contribution >= 0.6 is 0 Å². The predicted molar refractivity (Wildman–Crippen MR) is 88.1 cm³/mol. The minimum Gasteiger partial charge on any atom is -0.444 e. The Balaban J connectivity index is 1.63. The van der Waals surface area contributed by atoms with E-state index in [4.69, 9.17) is 4.74 Å². The number of rotatable bonds is 1. The lowest BCUT2D eigenvalue weighted by Crippen LogP contribution is -2.50. The number of nitrogens with zero attached hydrogens (tertiary/aromatic N) is 4. The van der Waals surface area contributed by atoms with Gasteiger partial charge in [-0.15, -0.1) is 0 Å². The van der Waals surface area contributed by atoms with Crippen molar-refractivity contribution >= 4 is 17.9 Å². The molecular formula is C16H23N5O3. The van der Waals surface area contributed by atoms with Crippen molar-refractivity contribution in [1.82, 2.24) is 20.2 Å². The fourth-order valence-corrected chi connectivity index (χ4v) is 2.74. The van der Waals surface area contributed by atoms with Gasteiger partial charge >= 0.3 is 6.09 Å². The number of hydrogen-bond donors (Lipinski definition) is 1. The fraction of sp³-hybridized carbons (Fsp3) is 0.625. The quantitative estimate of drug-likeness (QED) is 0.819. The van der Waals surface area contributed by atoms with Crippen molar-refractivity contribution in [1.29, 1.82) is 0 Å². The first-order valence-electron chi connectivity index (χ1n) is 8.20. The maximum Gasteiger partial charge on any atom is 0.410 e. The Labute approximate surface area is 141 Å². The smallest absolute Gasteiger partial charge is 0.410 e. The Bertz CT molecular complexity index is 648. The van der Waals surface area contributed by atoms with Gasteiger partial charge in [-0.05, 0) is 20.8 Å². The Morgan fingerprint density at radius 3 is 2.62 bits per heavy atom. The summed E-state index contributed by atoms with van der Waals surface area (Å²) < 4.78 is 5.40. The second-order valence-corrected chi connectivity index (χ2v) is 6.99. The van der Waals surface area contributed by atoms with Gasteiger partial charge in [-0.3, -0.25) is 4.79 Å². The van der Waals surface area contributed by atoms with Gasteiger partial charge in [-0.2, -0.15) is 0 Å². The lowest BCUT2D eigenvalue weighted by molar-refractivity contribution is 0.0240. The van der Waals surface area contributed by atoms with Crippen LogP contribution in [0, 0.1) is 0 Å². The molecule has 0 aliphatic carbocycles. The standard InChI is InChI=1S/C16H23N5O3/c1-16(2,3)24-15(23)21-8-6-20(7-9-21)14-18-10-11-12(19-14)4-5-17-13(11)22/h10H,4-9H2,1-3H3,(H,17,22). The normalized spacial score (nSPS) is 18.0. The molecule has 2 aliphatic rings. The molecule has 1 aromatic heterocycles. The van der Waals surface area contributed by atoms with Crippen LogP contribution in [-0.4, -0.2) is 65.2 Å². The molecule has 0 atom stereocenters. The van der Waals surface area contributed by atoms with Crippen LogP contribution in [0.3, 0.4) is 0 Å². The molecule has 1 aromatic rings. The van der Waals surface area contributed by atoms with Crippen LogP contribution in [0.1, 0.15) is 36.8 Å². The average Bonchev–Trinajstić information content (AvgIpc) is 2.53. The van der Waals surface area contributed by atoms with Crippen LogP contribution in [0.4, 0.5) is 10.7 Å². The number of anilines is 1. The molecule has 24 heavy (non-hydrogen) atoms. The molecule has 0 spiro atoms. The first-order chi connectivity index (χ1) is 11.3. The molecule has 0 aromatic carbocycles. The summed E-state index contributed by atoms with van der Waals surface area (Å²) in [7, 11) is 0. The van der Waals surface area contributed by atoms with Gasteiger partial charge in [0.2, 0.25) is 5.95 Å². The monoisotopic (exact) mass is 333 g/mol. The zero-order valence-corrected chi connectivity index (χ0v) is 14.3. The van der Waals surface area contributed by atoms with Crippen LogP contribution in [0.15, 0.2) is 6.20 Å². The van der Waals surface area contributed by atoms with Gasteiger partial charge in [-0.25, -0.2) is 14.8 Å². The predicted octanol–water partition coefficient (Wildman–Crippen LogP) is 0.820. The molecule has 3 heterocycles. The second kappa shape index (κ2) is 6.26. The van der Waals surface area contributed by atoms with E-state index >= 15 is 0 Å².